The quantitative estimate of drug-likeness (QED) is 0.858. The largest absolute Gasteiger partial charge is 0.433 e. The van der Waals surface area contributed by atoms with Crippen LogP contribution in [0.5, 0.6) is 0 Å². The predicted molar refractivity (Wildman–Crippen MR) is 57.3 cm³/mol. The number of nitrogen functional groups attached to an aromatic ring is 1. The van der Waals surface area contributed by atoms with Gasteiger partial charge in [0, 0.05) is 12.1 Å². The lowest BCUT2D eigenvalue weighted by Gasteiger charge is -2.10. The Bertz CT molecular complexity index is 419. The van der Waals surface area contributed by atoms with Crippen molar-refractivity contribution in [2.45, 2.75) is 32.0 Å². The number of hydrogen-bond donors (Lipinski definition) is 2. The maximum atomic E-state index is 12.5. The second-order valence-electron chi connectivity index (χ2n) is 4.15. The molecule has 2 atom stereocenters. The molecule has 1 aliphatic rings. The van der Waals surface area contributed by atoms with Gasteiger partial charge in [-0.3, -0.25) is 0 Å². The number of aromatic nitrogens is 2. The molecule has 3 N–H and O–H groups in total. The summed E-state index contributed by atoms with van der Waals surface area (Å²) in [5, 5.41) is 2.94. The lowest BCUT2D eigenvalue weighted by atomic mass is 10.3. The maximum Gasteiger partial charge on any atom is 0.433 e. The molecule has 0 radical (unpaired) electrons. The summed E-state index contributed by atoms with van der Waals surface area (Å²) in [7, 11) is 0. The van der Waals surface area contributed by atoms with E-state index in [4.69, 9.17) is 5.73 Å². The van der Waals surface area contributed by atoms with Crippen LogP contribution in [-0.2, 0) is 6.18 Å². The van der Waals surface area contributed by atoms with Crippen LogP contribution in [0.2, 0.25) is 0 Å². The number of anilines is 2. The van der Waals surface area contributed by atoms with Crippen molar-refractivity contribution in [1.29, 1.82) is 0 Å². The molecule has 0 saturated heterocycles. The third-order valence-electron chi connectivity index (χ3n) is 2.81. The molecule has 0 bridgehead atoms. The molecule has 1 aromatic heterocycles. The summed E-state index contributed by atoms with van der Waals surface area (Å²) < 4.78 is 37.4. The lowest BCUT2D eigenvalue weighted by molar-refractivity contribution is -0.141. The van der Waals surface area contributed by atoms with E-state index >= 15 is 0 Å². The van der Waals surface area contributed by atoms with Crippen LogP contribution in [0.4, 0.5) is 24.9 Å². The topological polar surface area (TPSA) is 63.8 Å². The second-order valence-corrected chi connectivity index (χ2v) is 4.15. The number of alkyl halides is 3. The first-order chi connectivity index (χ1) is 7.90. The first-order valence-corrected chi connectivity index (χ1v) is 5.38. The zero-order valence-electron chi connectivity index (χ0n) is 9.25. The van der Waals surface area contributed by atoms with Crippen molar-refractivity contribution < 1.29 is 13.2 Å². The van der Waals surface area contributed by atoms with Crippen LogP contribution in [-0.4, -0.2) is 16.0 Å². The third kappa shape index (κ3) is 2.78. The Morgan fingerprint density at radius 2 is 2.18 bits per heavy atom. The average Bonchev–Trinajstić information content (AvgIpc) is 2.94. The van der Waals surface area contributed by atoms with Crippen LogP contribution < -0.4 is 11.1 Å². The fourth-order valence-electron chi connectivity index (χ4n) is 1.75. The second kappa shape index (κ2) is 4.05. The molecule has 2 rings (SSSR count). The Kier molecular flexibility index (Phi) is 2.84. The summed E-state index contributed by atoms with van der Waals surface area (Å²) in [6.07, 6.45) is -2.53. The molecule has 0 spiro atoms. The molecule has 0 amide bonds. The van der Waals surface area contributed by atoms with Crippen molar-refractivity contribution in [3.05, 3.63) is 11.8 Å². The van der Waals surface area contributed by atoms with Gasteiger partial charge in [-0.1, -0.05) is 13.3 Å². The maximum absolute atomic E-state index is 12.5. The first kappa shape index (κ1) is 11.9. The van der Waals surface area contributed by atoms with Gasteiger partial charge in [0.25, 0.3) is 0 Å². The minimum atomic E-state index is -4.50. The van der Waals surface area contributed by atoms with Gasteiger partial charge < -0.3 is 11.1 Å². The standard InChI is InChI=1S/C10H13F3N4/c1-2-5-3-6(5)15-8-4-7(10(11,12)13)16-9(14)17-8/h4-6H,2-3H2,1H3,(H3,14,15,16,17). The van der Waals surface area contributed by atoms with E-state index in [9.17, 15) is 13.2 Å². The molecule has 1 saturated carbocycles. The van der Waals surface area contributed by atoms with Gasteiger partial charge in [0.2, 0.25) is 5.95 Å². The van der Waals surface area contributed by atoms with Gasteiger partial charge in [0.05, 0.1) is 0 Å². The Labute approximate surface area is 96.4 Å². The molecular weight excluding hydrogens is 233 g/mol. The monoisotopic (exact) mass is 246 g/mol. The smallest absolute Gasteiger partial charge is 0.368 e. The molecule has 7 heteroatoms. The SMILES string of the molecule is CCC1CC1Nc1cc(C(F)(F)F)nc(N)n1. The van der Waals surface area contributed by atoms with Crippen molar-refractivity contribution in [2.75, 3.05) is 11.1 Å². The highest BCUT2D eigenvalue weighted by Gasteiger charge is 2.37. The van der Waals surface area contributed by atoms with Crippen molar-refractivity contribution in [2.24, 2.45) is 5.92 Å². The number of nitrogens with two attached hydrogens (primary N) is 1. The molecular formula is C10H13F3N4. The normalized spacial score (nSPS) is 23.5. The number of hydrogen-bond acceptors (Lipinski definition) is 4. The number of nitrogens with one attached hydrogen (secondary N) is 1. The van der Waals surface area contributed by atoms with E-state index in [1.54, 1.807) is 0 Å². The van der Waals surface area contributed by atoms with Crippen LogP contribution in [0.15, 0.2) is 6.07 Å². The van der Waals surface area contributed by atoms with Gasteiger partial charge in [0.15, 0.2) is 5.69 Å². The van der Waals surface area contributed by atoms with Gasteiger partial charge in [-0.15, -0.1) is 0 Å². The van der Waals surface area contributed by atoms with E-state index in [0.29, 0.717) is 5.92 Å². The van der Waals surface area contributed by atoms with Gasteiger partial charge >= 0.3 is 6.18 Å². The molecule has 1 aromatic rings. The van der Waals surface area contributed by atoms with Crippen LogP contribution in [0.3, 0.4) is 0 Å². The molecule has 1 aliphatic carbocycles. The molecule has 0 aliphatic heterocycles. The van der Waals surface area contributed by atoms with E-state index in [-0.39, 0.29) is 17.8 Å². The van der Waals surface area contributed by atoms with Gasteiger partial charge in [-0.05, 0) is 12.3 Å². The van der Waals surface area contributed by atoms with Gasteiger partial charge in [-0.2, -0.15) is 18.2 Å². The zero-order chi connectivity index (χ0) is 12.6. The third-order valence-corrected chi connectivity index (χ3v) is 2.81. The predicted octanol–water partition coefficient (Wildman–Crippen LogP) is 2.29. The van der Waals surface area contributed by atoms with Crippen molar-refractivity contribution >= 4 is 11.8 Å². The fraction of sp³-hybridized carbons (Fsp3) is 0.600. The Hall–Kier alpha value is -1.53. The fourth-order valence-corrected chi connectivity index (χ4v) is 1.75. The van der Waals surface area contributed by atoms with Crippen LogP contribution in [0, 0.1) is 5.92 Å². The van der Waals surface area contributed by atoms with E-state index in [0.717, 1.165) is 18.9 Å². The Balaban J connectivity index is 2.15. The van der Waals surface area contributed by atoms with Crippen LogP contribution in [0.1, 0.15) is 25.5 Å². The highest BCUT2D eigenvalue weighted by atomic mass is 19.4. The zero-order valence-corrected chi connectivity index (χ0v) is 9.25. The van der Waals surface area contributed by atoms with E-state index < -0.39 is 11.9 Å². The Morgan fingerprint density at radius 3 is 2.71 bits per heavy atom. The minimum Gasteiger partial charge on any atom is -0.368 e. The van der Waals surface area contributed by atoms with Crippen LogP contribution >= 0.6 is 0 Å². The van der Waals surface area contributed by atoms with Crippen molar-refractivity contribution in [1.82, 2.24) is 9.97 Å². The summed E-state index contributed by atoms with van der Waals surface area (Å²) in [6, 6.07) is 1.09. The van der Waals surface area contributed by atoms with E-state index in [1.807, 2.05) is 6.92 Å². The van der Waals surface area contributed by atoms with Gasteiger partial charge in [-0.25, -0.2) is 4.98 Å². The number of rotatable bonds is 3. The molecule has 2 unspecified atom stereocenters. The lowest BCUT2D eigenvalue weighted by Crippen LogP contribution is -2.14. The van der Waals surface area contributed by atoms with Crippen molar-refractivity contribution in [3.63, 3.8) is 0 Å². The highest BCUT2D eigenvalue weighted by Crippen LogP contribution is 2.36. The summed E-state index contributed by atoms with van der Waals surface area (Å²) >= 11 is 0. The minimum absolute atomic E-state index is 0.144. The summed E-state index contributed by atoms with van der Waals surface area (Å²) in [4.78, 5) is 6.93. The van der Waals surface area contributed by atoms with Gasteiger partial charge in [0.1, 0.15) is 5.82 Å². The molecule has 17 heavy (non-hydrogen) atoms. The van der Waals surface area contributed by atoms with Crippen LogP contribution in [0.25, 0.3) is 0 Å². The average molecular weight is 246 g/mol. The molecule has 4 nitrogen and oxygen atoms in total. The Morgan fingerprint density at radius 1 is 1.47 bits per heavy atom. The molecule has 94 valence electrons. The number of halogens is 3. The number of nitrogens with zero attached hydrogens (tertiary/aromatic N) is 2. The van der Waals surface area contributed by atoms with Crippen molar-refractivity contribution in [3.8, 4) is 0 Å². The highest BCUT2D eigenvalue weighted by molar-refractivity contribution is 5.43. The molecule has 1 heterocycles. The molecule has 1 fully saturated rings. The van der Waals surface area contributed by atoms with E-state index in [2.05, 4.69) is 15.3 Å². The molecule has 0 aromatic carbocycles. The van der Waals surface area contributed by atoms with E-state index in [1.165, 1.54) is 0 Å². The summed E-state index contributed by atoms with van der Waals surface area (Å²) in [5.74, 6) is 0.294. The summed E-state index contributed by atoms with van der Waals surface area (Å²) in [5.41, 5.74) is 4.24. The first-order valence-electron chi connectivity index (χ1n) is 5.38. The summed E-state index contributed by atoms with van der Waals surface area (Å²) in [6.45, 7) is 2.04.